The van der Waals surface area contributed by atoms with E-state index in [1.54, 1.807) is 7.11 Å². The highest BCUT2D eigenvalue weighted by atomic mass is 16.5. The first kappa shape index (κ1) is 11.1. The van der Waals surface area contributed by atoms with Gasteiger partial charge in [0.25, 0.3) is 0 Å². The van der Waals surface area contributed by atoms with Crippen LogP contribution < -0.4 is 5.73 Å². The highest BCUT2D eigenvalue weighted by Gasteiger charge is 2.04. The maximum Gasteiger partial charge on any atom is 0.226 e. The number of nitrogens with two attached hydrogens (primary N) is 1. The van der Waals surface area contributed by atoms with E-state index in [-0.39, 0.29) is 0 Å². The summed E-state index contributed by atoms with van der Waals surface area (Å²) < 4.78 is 9.97. The number of hydrogen-bond donors (Lipinski definition) is 1. The normalized spacial score (nSPS) is 10.7. The van der Waals surface area contributed by atoms with E-state index in [9.17, 15) is 0 Å². The van der Waals surface area contributed by atoms with Crippen LogP contribution in [0.15, 0.2) is 4.52 Å². The zero-order valence-electron chi connectivity index (χ0n) is 8.53. The fraction of sp³-hybridized carbons (Fsp3) is 0.778. The van der Waals surface area contributed by atoms with Gasteiger partial charge in [-0.25, -0.2) is 0 Å². The van der Waals surface area contributed by atoms with Crippen molar-refractivity contribution < 1.29 is 9.26 Å². The van der Waals surface area contributed by atoms with Crippen molar-refractivity contribution >= 4 is 0 Å². The Morgan fingerprint density at radius 2 is 2.21 bits per heavy atom. The summed E-state index contributed by atoms with van der Waals surface area (Å²) in [7, 11) is 1.66. The topological polar surface area (TPSA) is 74.2 Å². The average Bonchev–Trinajstić information content (AvgIpc) is 2.63. The minimum atomic E-state index is 0.627. The lowest BCUT2D eigenvalue weighted by atomic mass is 10.2. The van der Waals surface area contributed by atoms with Crippen LogP contribution in [0.1, 0.15) is 24.6 Å². The van der Waals surface area contributed by atoms with Gasteiger partial charge < -0.3 is 15.0 Å². The molecular formula is C9H17N3O2. The summed E-state index contributed by atoms with van der Waals surface area (Å²) in [6.45, 7) is 1.34. The summed E-state index contributed by atoms with van der Waals surface area (Å²) in [5.74, 6) is 1.42. The van der Waals surface area contributed by atoms with E-state index in [0.717, 1.165) is 25.1 Å². The smallest absolute Gasteiger partial charge is 0.226 e. The number of unbranched alkanes of at least 4 members (excludes halogenated alkanes) is 1. The van der Waals surface area contributed by atoms with Crippen LogP contribution in [0.3, 0.4) is 0 Å². The predicted molar refractivity (Wildman–Crippen MR) is 51.9 cm³/mol. The summed E-state index contributed by atoms with van der Waals surface area (Å²) in [6.07, 6.45) is 3.52. The van der Waals surface area contributed by atoms with E-state index < -0.39 is 0 Å². The van der Waals surface area contributed by atoms with Crippen LogP contribution in [0.5, 0.6) is 0 Å². The first-order valence-electron chi connectivity index (χ1n) is 4.87. The van der Waals surface area contributed by atoms with Gasteiger partial charge in [0.2, 0.25) is 5.89 Å². The maximum atomic E-state index is 5.38. The molecule has 0 saturated carbocycles. The molecule has 5 nitrogen and oxygen atoms in total. The molecule has 0 amide bonds. The second-order valence-corrected chi connectivity index (χ2v) is 3.09. The van der Waals surface area contributed by atoms with Gasteiger partial charge in [-0.2, -0.15) is 4.98 Å². The lowest BCUT2D eigenvalue weighted by molar-refractivity contribution is 0.199. The molecule has 1 heterocycles. The maximum absolute atomic E-state index is 5.38. The van der Waals surface area contributed by atoms with Crippen molar-refractivity contribution in [3.63, 3.8) is 0 Å². The number of methoxy groups -OCH3 is 1. The molecule has 0 bridgehead atoms. The molecule has 0 aliphatic heterocycles. The lowest BCUT2D eigenvalue weighted by Crippen LogP contribution is -1.99. The number of aromatic nitrogens is 2. The molecular weight excluding hydrogens is 182 g/mol. The standard InChI is InChI=1S/C9H17N3O2/c1-13-7-5-8-11-9(14-12-8)4-2-3-6-10/h2-7,10H2,1H3. The number of hydrogen-bond acceptors (Lipinski definition) is 5. The van der Waals surface area contributed by atoms with Gasteiger partial charge in [-0.15, -0.1) is 0 Å². The molecule has 0 unspecified atom stereocenters. The third-order valence-electron chi connectivity index (χ3n) is 1.88. The first-order chi connectivity index (χ1) is 6.86. The Morgan fingerprint density at radius 3 is 2.93 bits per heavy atom. The van der Waals surface area contributed by atoms with Gasteiger partial charge in [0.05, 0.1) is 6.61 Å². The average molecular weight is 199 g/mol. The molecule has 0 saturated heterocycles. The molecule has 14 heavy (non-hydrogen) atoms. The van der Waals surface area contributed by atoms with E-state index in [2.05, 4.69) is 10.1 Å². The van der Waals surface area contributed by atoms with Crippen molar-refractivity contribution in [1.82, 2.24) is 10.1 Å². The number of nitrogens with zero attached hydrogens (tertiary/aromatic N) is 2. The van der Waals surface area contributed by atoms with Crippen molar-refractivity contribution in [2.45, 2.75) is 25.7 Å². The van der Waals surface area contributed by atoms with Gasteiger partial charge in [-0.3, -0.25) is 0 Å². The molecule has 0 radical (unpaired) electrons. The lowest BCUT2D eigenvalue weighted by Gasteiger charge is -1.92. The van der Waals surface area contributed by atoms with Crippen molar-refractivity contribution in [2.24, 2.45) is 5.73 Å². The van der Waals surface area contributed by atoms with E-state index in [1.807, 2.05) is 0 Å². The van der Waals surface area contributed by atoms with Crippen molar-refractivity contribution in [3.8, 4) is 0 Å². The molecule has 1 aromatic heterocycles. The molecule has 80 valence electrons. The molecule has 1 rings (SSSR count). The number of aryl methyl sites for hydroxylation is 1. The van der Waals surface area contributed by atoms with E-state index in [0.29, 0.717) is 25.5 Å². The summed E-state index contributed by atoms with van der Waals surface area (Å²) in [6, 6.07) is 0. The predicted octanol–water partition coefficient (Wildman–Crippen LogP) is 0.540. The minimum Gasteiger partial charge on any atom is -0.384 e. The summed E-state index contributed by atoms with van der Waals surface area (Å²) in [4.78, 5) is 4.22. The molecule has 0 fully saturated rings. The zero-order chi connectivity index (χ0) is 10.2. The zero-order valence-corrected chi connectivity index (χ0v) is 8.53. The largest absolute Gasteiger partial charge is 0.384 e. The van der Waals surface area contributed by atoms with E-state index >= 15 is 0 Å². The van der Waals surface area contributed by atoms with Crippen LogP contribution in [-0.4, -0.2) is 30.4 Å². The van der Waals surface area contributed by atoms with Crippen molar-refractivity contribution in [3.05, 3.63) is 11.7 Å². The monoisotopic (exact) mass is 199 g/mol. The first-order valence-corrected chi connectivity index (χ1v) is 4.87. The van der Waals surface area contributed by atoms with Crippen LogP contribution >= 0.6 is 0 Å². The van der Waals surface area contributed by atoms with Gasteiger partial charge in [0.15, 0.2) is 5.82 Å². The number of ether oxygens (including phenoxy) is 1. The van der Waals surface area contributed by atoms with Gasteiger partial charge in [-0.05, 0) is 19.4 Å². The molecule has 0 aliphatic carbocycles. The SMILES string of the molecule is COCCc1noc(CCCCN)n1. The fourth-order valence-corrected chi connectivity index (χ4v) is 1.11. The van der Waals surface area contributed by atoms with Gasteiger partial charge >= 0.3 is 0 Å². The Kier molecular flexibility index (Phi) is 5.17. The summed E-state index contributed by atoms with van der Waals surface area (Å²) in [5, 5.41) is 3.84. The Morgan fingerprint density at radius 1 is 1.36 bits per heavy atom. The van der Waals surface area contributed by atoms with Gasteiger partial charge in [0, 0.05) is 20.0 Å². The Hall–Kier alpha value is -0.940. The molecule has 5 heteroatoms. The molecule has 0 atom stereocenters. The van der Waals surface area contributed by atoms with E-state index in [1.165, 1.54) is 0 Å². The van der Waals surface area contributed by atoms with Gasteiger partial charge in [0.1, 0.15) is 0 Å². The molecule has 0 aliphatic rings. The Labute approximate surface area is 83.6 Å². The molecule has 0 spiro atoms. The highest BCUT2D eigenvalue weighted by molar-refractivity contribution is 4.86. The Bertz CT molecular complexity index is 250. The molecule has 1 aromatic rings. The van der Waals surface area contributed by atoms with E-state index in [4.69, 9.17) is 15.0 Å². The third-order valence-corrected chi connectivity index (χ3v) is 1.88. The van der Waals surface area contributed by atoms with Crippen LogP contribution in [0, 0.1) is 0 Å². The minimum absolute atomic E-state index is 0.627. The van der Waals surface area contributed by atoms with Gasteiger partial charge in [-0.1, -0.05) is 5.16 Å². The highest BCUT2D eigenvalue weighted by Crippen LogP contribution is 2.02. The second kappa shape index (κ2) is 6.50. The van der Waals surface area contributed by atoms with Crippen LogP contribution in [0.25, 0.3) is 0 Å². The van der Waals surface area contributed by atoms with Crippen LogP contribution in [0.2, 0.25) is 0 Å². The second-order valence-electron chi connectivity index (χ2n) is 3.09. The Balaban J connectivity index is 2.27. The summed E-state index contributed by atoms with van der Waals surface area (Å²) >= 11 is 0. The fourth-order valence-electron chi connectivity index (χ4n) is 1.11. The van der Waals surface area contributed by atoms with Crippen molar-refractivity contribution in [2.75, 3.05) is 20.3 Å². The third kappa shape index (κ3) is 3.85. The summed E-state index contributed by atoms with van der Waals surface area (Å²) in [5.41, 5.74) is 5.38. The van der Waals surface area contributed by atoms with Crippen LogP contribution in [0.4, 0.5) is 0 Å². The quantitative estimate of drug-likeness (QED) is 0.649. The number of rotatable bonds is 7. The van der Waals surface area contributed by atoms with Crippen LogP contribution in [-0.2, 0) is 17.6 Å². The molecule has 2 N–H and O–H groups in total. The van der Waals surface area contributed by atoms with Crippen molar-refractivity contribution in [1.29, 1.82) is 0 Å². The molecule has 0 aromatic carbocycles.